The summed E-state index contributed by atoms with van der Waals surface area (Å²) in [4.78, 5) is 0. The molecule has 0 atom stereocenters. The predicted octanol–water partition coefficient (Wildman–Crippen LogP) is 4.68. The maximum absolute atomic E-state index is 4.39. The monoisotopic (exact) mass is 617 g/mol. The number of aromatic amines is 3. The fourth-order valence-electron chi connectivity index (χ4n) is 4.41. The molecule has 3 aromatic heterocycles. The van der Waals surface area contributed by atoms with Crippen LogP contribution in [0, 0.1) is 59.7 Å². The smallest absolute Gasteiger partial charge is 0.283 e. The van der Waals surface area contributed by atoms with Gasteiger partial charge in [0.1, 0.15) is 0 Å². The third-order valence-corrected chi connectivity index (χ3v) is 6.24. The number of rotatable bonds is 3. The average Bonchev–Trinajstić information content (AvgIpc) is 3.65. The predicted molar refractivity (Wildman–Crippen MR) is 165 cm³/mol. The van der Waals surface area contributed by atoms with Crippen LogP contribution in [-0.4, -0.2) is 37.3 Å². The van der Waals surface area contributed by atoms with Gasteiger partial charge in [0.05, 0.1) is 17.1 Å². The quantitative estimate of drug-likeness (QED) is 0.199. The van der Waals surface area contributed by atoms with Gasteiger partial charge in [-0.15, -0.1) is 0 Å². The molecule has 0 aliphatic carbocycles. The summed E-state index contributed by atoms with van der Waals surface area (Å²) in [7, 11) is 0. The minimum absolute atomic E-state index is 0. The van der Waals surface area contributed by atoms with Crippen molar-refractivity contribution in [3.8, 4) is 0 Å². The van der Waals surface area contributed by atoms with E-state index >= 15 is 0 Å². The second-order valence-electron chi connectivity index (χ2n) is 9.21. The molecule has 0 unspecified atom stereocenters. The second kappa shape index (κ2) is 17.8. The number of nitrogens with one attached hydrogen (secondary N) is 3. The van der Waals surface area contributed by atoms with Crippen LogP contribution in [0.5, 0.6) is 0 Å². The Morgan fingerprint density at radius 3 is 0.805 bits per heavy atom. The molecule has 8 heteroatoms. The summed E-state index contributed by atoms with van der Waals surface area (Å²) in [5, 5.41) is 22.5. The van der Waals surface area contributed by atoms with E-state index in [1.807, 2.05) is 112 Å². The van der Waals surface area contributed by atoms with Crippen molar-refractivity contribution in [1.29, 1.82) is 0 Å². The topological polar surface area (TPSA) is 86.0 Å². The molecule has 6 aromatic rings. The van der Waals surface area contributed by atoms with Crippen LogP contribution in [0.25, 0.3) is 0 Å². The van der Waals surface area contributed by atoms with Crippen LogP contribution in [-0.2, 0) is 26.2 Å². The van der Waals surface area contributed by atoms with Crippen molar-refractivity contribution >= 4 is 23.1 Å². The molecular formula is C33H36BN6Zr. The van der Waals surface area contributed by atoms with Gasteiger partial charge in [-0.05, 0) is 57.9 Å². The van der Waals surface area contributed by atoms with Crippen LogP contribution in [0.3, 0.4) is 0 Å². The number of aromatic nitrogens is 6. The van der Waals surface area contributed by atoms with Gasteiger partial charge in [-0.3, -0.25) is 15.3 Å². The largest absolute Gasteiger partial charge is 3.00 e. The number of benzene rings is 3. The van der Waals surface area contributed by atoms with Gasteiger partial charge in [0.15, 0.2) is 0 Å². The molecular weight excluding hydrogens is 582 g/mol. The molecule has 3 heterocycles. The Balaban J connectivity index is 0.000000249. The molecule has 6 rings (SSSR count). The Bertz CT molecular complexity index is 1190. The zero-order chi connectivity index (χ0) is 28.7. The van der Waals surface area contributed by atoms with Crippen molar-refractivity contribution in [2.75, 3.05) is 0 Å². The second-order valence-corrected chi connectivity index (χ2v) is 9.21. The van der Waals surface area contributed by atoms with Crippen molar-refractivity contribution in [2.45, 2.75) is 41.5 Å². The number of H-pyrrole nitrogens is 3. The van der Waals surface area contributed by atoms with E-state index in [-0.39, 0.29) is 32.9 Å². The maximum atomic E-state index is 4.39. The summed E-state index contributed by atoms with van der Waals surface area (Å²) in [6.45, 7) is 12.4. The van der Waals surface area contributed by atoms with Gasteiger partial charge in [0.25, 0.3) is 6.71 Å². The van der Waals surface area contributed by atoms with Crippen LogP contribution in [0.4, 0.5) is 0 Å². The molecule has 41 heavy (non-hydrogen) atoms. The fourth-order valence-corrected chi connectivity index (χ4v) is 4.41. The fraction of sp³-hybridized carbons (Fsp3) is 0.182. The van der Waals surface area contributed by atoms with Gasteiger partial charge in [-0.2, -0.15) is 124 Å². The number of hydrogen-bond donors (Lipinski definition) is 3. The van der Waals surface area contributed by atoms with E-state index < -0.39 is 0 Å². The Morgan fingerprint density at radius 2 is 0.683 bits per heavy atom. The van der Waals surface area contributed by atoms with Crippen LogP contribution in [0.1, 0.15) is 34.2 Å². The van der Waals surface area contributed by atoms with Crippen LogP contribution >= 0.6 is 0 Å². The maximum Gasteiger partial charge on any atom is 3.00 e. The first-order valence-electron chi connectivity index (χ1n) is 13.2. The Morgan fingerprint density at radius 1 is 0.439 bits per heavy atom. The van der Waals surface area contributed by atoms with Crippen LogP contribution in [0.15, 0.2) is 91.0 Å². The number of hydrogen-bond acceptors (Lipinski definition) is 3. The zero-order valence-electron chi connectivity index (χ0n) is 24.6. The number of nitrogens with zero attached hydrogens (tertiary/aromatic N) is 3. The summed E-state index contributed by atoms with van der Waals surface area (Å²) < 4.78 is 0. The van der Waals surface area contributed by atoms with Crippen molar-refractivity contribution in [3.05, 3.63) is 143 Å². The van der Waals surface area contributed by atoms with E-state index in [0.29, 0.717) is 0 Å². The zero-order valence-corrected chi connectivity index (χ0v) is 27.0. The molecule has 0 amide bonds. The molecule has 0 spiro atoms. The third kappa shape index (κ3) is 9.98. The Labute approximate surface area is 263 Å². The van der Waals surface area contributed by atoms with E-state index in [1.54, 1.807) is 0 Å². The summed E-state index contributed by atoms with van der Waals surface area (Å²) in [6, 6.07) is 37.5. The standard InChI is InChI=1S/C15H21BN6.3C6H5.Zr/c1-7-13(8(2)18-17-7)16(14-9(3)19-20-10(14)4)15-11(5)21-22-12(15)6;3*1-2-4-6-5-3-1;/h1-6H3,(H,17,18)(H,19,20)(H,21,22);3*1-5H;/q;3*-1;+3. The van der Waals surface area contributed by atoms with E-state index in [0.717, 1.165) is 34.2 Å². The molecule has 3 aromatic carbocycles. The molecule has 6 nitrogen and oxygen atoms in total. The third-order valence-electron chi connectivity index (χ3n) is 6.24. The molecule has 0 aliphatic rings. The molecule has 3 N–H and O–H groups in total. The van der Waals surface area contributed by atoms with Gasteiger partial charge in [-0.1, -0.05) is 0 Å². The molecule has 205 valence electrons. The first kappa shape index (κ1) is 33.4. The molecule has 0 aliphatic heterocycles. The van der Waals surface area contributed by atoms with E-state index in [4.69, 9.17) is 0 Å². The molecule has 0 fully saturated rings. The summed E-state index contributed by atoms with van der Waals surface area (Å²) >= 11 is 0. The van der Waals surface area contributed by atoms with Gasteiger partial charge in [-0.25, -0.2) is 0 Å². The average molecular weight is 619 g/mol. The minimum Gasteiger partial charge on any atom is -0.283 e. The normalized spacial score (nSPS) is 9.51. The minimum atomic E-state index is 0. The van der Waals surface area contributed by atoms with Crippen LogP contribution in [0.2, 0.25) is 0 Å². The summed E-state index contributed by atoms with van der Waals surface area (Å²) in [5.74, 6) is 0. The molecule has 0 bridgehead atoms. The van der Waals surface area contributed by atoms with E-state index in [1.165, 1.54) is 16.4 Å². The van der Waals surface area contributed by atoms with Gasteiger partial charge in [0, 0.05) is 17.1 Å². The van der Waals surface area contributed by atoms with Crippen molar-refractivity contribution in [3.63, 3.8) is 0 Å². The summed E-state index contributed by atoms with van der Waals surface area (Å²) in [5.41, 5.74) is 9.93. The van der Waals surface area contributed by atoms with Crippen molar-refractivity contribution in [1.82, 2.24) is 30.6 Å². The van der Waals surface area contributed by atoms with Gasteiger partial charge in [0.2, 0.25) is 0 Å². The molecule has 0 saturated heterocycles. The SMILES string of the molecule is Cc1n[nH]c(C)c1B(c1c(C)n[nH]c1C)c1c(C)n[nH]c1C.[Zr+3].[c-]1ccccc1.[c-]1ccccc1.[c-]1ccccc1. The molecule has 0 saturated carbocycles. The summed E-state index contributed by atoms with van der Waals surface area (Å²) in [6.07, 6.45) is 0. The van der Waals surface area contributed by atoms with Gasteiger partial charge >= 0.3 is 26.2 Å². The van der Waals surface area contributed by atoms with Crippen molar-refractivity contribution < 1.29 is 26.2 Å². The Hall–Kier alpha value is -3.76. The Kier molecular flexibility index (Phi) is 14.5. The van der Waals surface area contributed by atoms with Gasteiger partial charge < -0.3 is 0 Å². The molecule has 1 radical (unpaired) electrons. The van der Waals surface area contributed by atoms with E-state index in [9.17, 15) is 0 Å². The number of aryl methyl sites for hydroxylation is 6. The first-order chi connectivity index (χ1) is 19.4. The first-order valence-corrected chi connectivity index (χ1v) is 13.2. The van der Waals surface area contributed by atoms with Crippen molar-refractivity contribution in [2.24, 2.45) is 0 Å². The van der Waals surface area contributed by atoms with Crippen LogP contribution < -0.4 is 16.4 Å². The van der Waals surface area contributed by atoms with E-state index in [2.05, 4.69) is 69.6 Å².